The summed E-state index contributed by atoms with van der Waals surface area (Å²) in [6.07, 6.45) is 2.62. The predicted octanol–water partition coefficient (Wildman–Crippen LogP) is 4.21. The van der Waals surface area contributed by atoms with Gasteiger partial charge in [-0.05, 0) is 35.9 Å². The number of para-hydroxylation sites is 1. The fraction of sp³-hybridized carbons (Fsp3) is 0.217. The summed E-state index contributed by atoms with van der Waals surface area (Å²) in [6.45, 7) is 1.62. The Bertz CT molecular complexity index is 964. The standard InChI is InChI=1S/C23H24N4O2.HI/c24-23(27-21-12-14-28-22-7-2-1-6-20(21)22)26-15-17-8-10-19(11-9-17)29-16-18-5-3-4-13-25-18;/h1-11,13,21H,12,14-16H2,(H3,24,26,27);1H. The summed E-state index contributed by atoms with van der Waals surface area (Å²) in [6, 6.07) is 21.8. The van der Waals surface area contributed by atoms with E-state index in [0.717, 1.165) is 34.7 Å². The van der Waals surface area contributed by atoms with Gasteiger partial charge in [0.05, 0.1) is 24.9 Å². The van der Waals surface area contributed by atoms with E-state index in [-0.39, 0.29) is 30.0 Å². The van der Waals surface area contributed by atoms with Crippen LogP contribution in [0, 0.1) is 0 Å². The van der Waals surface area contributed by atoms with Crippen LogP contribution in [0.4, 0.5) is 0 Å². The van der Waals surface area contributed by atoms with Crippen molar-refractivity contribution in [3.8, 4) is 11.5 Å². The molecule has 4 rings (SSSR count). The number of ether oxygens (including phenoxy) is 2. The Morgan fingerprint density at radius 1 is 1.10 bits per heavy atom. The van der Waals surface area contributed by atoms with E-state index < -0.39 is 0 Å². The molecule has 2 aromatic carbocycles. The number of aromatic nitrogens is 1. The van der Waals surface area contributed by atoms with Crippen LogP contribution < -0.4 is 20.5 Å². The van der Waals surface area contributed by atoms with Gasteiger partial charge in [-0.3, -0.25) is 4.98 Å². The number of hydrogen-bond acceptors (Lipinski definition) is 4. The summed E-state index contributed by atoms with van der Waals surface area (Å²) in [5.41, 5.74) is 9.20. The number of benzene rings is 2. The highest BCUT2D eigenvalue weighted by molar-refractivity contribution is 14.0. The van der Waals surface area contributed by atoms with Crippen LogP contribution in [0.15, 0.2) is 77.9 Å². The number of nitrogens with two attached hydrogens (primary N) is 1. The van der Waals surface area contributed by atoms with E-state index in [1.807, 2.05) is 60.7 Å². The fourth-order valence-corrected chi connectivity index (χ4v) is 3.22. The summed E-state index contributed by atoms with van der Waals surface area (Å²) >= 11 is 0. The highest BCUT2D eigenvalue weighted by atomic mass is 127. The van der Waals surface area contributed by atoms with Crippen molar-refractivity contribution >= 4 is 29.9 Å². The molecule has 2 heterocycles. The third-order valence-corrected chi connectivity index (χ3v) is 4.75. The van der Waals surface area contributed by atoms with Crippen LogP contribution in [-0.4, -0.2) is 17.6 Å². The van der Waals surface area contributed by atoms with Crippen molar-refractivity contribution in [1.82, 2.24) is 10.3 Å². The molecule has 0 spiro atoms. The van der Waals surface area contributed by atoms with Gasteiger partial charge in [-0.25, -0.2) is 4.99 Å². The lowest BCUT2D eigenvalue weighted by atomic mass is 10.0. The fourth-order valence-electron chi connectivity index (χ4n) is 3.22. The molecule has 0 fully saturated rings. The van der Waals surface area contributed by atoms with Crippen molar-refractivity contribution in [3.63, 3.8) is 0 Å². The van der Waals surface area contributed by atoms with Gasteiger partial charge in [-0.15, -0.1) is 24.0 Å². The van der Waals surface area contributed by atoms with Gasteiger partial charge < -0.3 is 20.5 Å². The molecule has 1 aliphatic heterocycles. The van der Waals surface area contributed by atoms with Crippen LogP contribution in [0.25, 0.3) is 0 Å². The van der Waals surface area contributed by atoms with E-state index in [4.69, 9.17) is 15.2 Å². The Morgan fingerprint density at radius 2 is 1.90 bits per heavy atom. The average Bonchev–Trinajstić information content (AvgIpc) is 2.78. The third-order valence-electron chi connectivity index (χ3n) is 4.75. The second-order valence-electron chi connectivity index (χ2n) is 6.83. The largest absolute Gasteiger partial charge is 0.493 e. The molecule has 30 heavy (non-hydrogen) atoms. The maximum atomic E-state index is 6.12. The van der Waals surface area contributed by atoms with Crippen molar-refractivity contribution in [3.05, 3.63) is 89.7 Å². The van der Waals surface area contributed by atoms with Crippen LogP contribution in [0.2, 0.25) is 0 Å². The number of pyridine rings is 1. The molecular formula is C23H25IN4O2. The van der Waals surface area contributed by atoms with Crippen molar-refractivity contribution in [2.75, 3.05) is 6.61 Å². The lowest BCUT2D eigenvalue weighted by molar-refractivity contribution is 0.262. The predicted molar refractivity (Wildman–Crippen MR) is 128 cm³/mol. The van der Waals surface area contributed by atoms with Gasteiger partial charge in [0, 0.05) is 18.2 Å². The molecule has 3 aromatic rings. The summed E-state index contributed by atoms with van der Waals surface area (Å²) in [5.74, 6) is 2.14. The van der Waals surface area contributed by atoms with Gasteiger partial charge in [0.1, 0.15) is 18.1 Å². The monoisotopic (exact) mass is 516 g/mol. The van der Waals surface area contributed by atoms with E-state index in [9.17, 15) is 0 Å². The molecule has 156 valence electrons. The van der Waals surface area contributed by atoms with E-state index in [1.54, 1.807) is 6.20 Å². The molecular weight excluding hydrogens is 491 g/mol. The van der Waals surface area contributed by atoms with Gasteiger partial charge in [0.2, 0.25) is 0 Å². The van der Waals surface area contributed by atoms with E-state index >= 15 is 0 Å². The van der Waals surface area contributed by atoms with Gasteiger partial charge in [-0.1, -0.05) is 36.4 Å². The summed E-state index contributed by atoms with van der Waals surface area (Å²) in [4.78, 5) is 8.73. The number of aliphatic imine (C=N–C) groups is 1. The Labute approximate surface area is 193 Å². The van der Waals surface area contributed by atoms with Gasteiger partial charge >= 0.3 is 0 Å². The molecule has 6 nitrogen and oxygen atoms in total. The molecule has 3 N–H and O–H groups in total. The maximum Gasteiger partial charge on any atom is 0.189 e. The molecule has 0 saturated carbocycles. The number of nitrogens with one attached hydrogen (secondary N) is 1. The second kappa shape index (κ2) is 10.8. The van der Waals surface area contributed by atoms with Crippen LogP contribution >= 0.6 is 24.0 Å². The summed E-state index contributed by atoms with van der Waals surface area (Å²) in [7, 11) is 0. The SMILES string of the molecule is I.NC(=NCc1ccc(OCc2ccccn2)cc1)NC1CCOc2ccccc21. The zero-order chi connectivity index (χ0) is 19.9. The molecule has 0 aliphatic carbocycles. The molecule has 7 heteroatoms. The van der Waals surface area contributed by atoms with Crippen LogP contribution in [0.1, 0.15) is 29.3 Å². The quantitative estimate of drug-likeness (QED) is 0.292. The minimum Gasteiger partial charge on any atom is -0.493 e. The Morgan fingerprint density at radius 3 is 2.70 bits per heavy atom. The van der Waals surface area contributed by atoms with Gasteiger partial charge in [0.25, 0.3) is 0 Å². The summed E-state index contributed by atoms with van der Waals surface area (Å²) < 4.78 is 11.4. The van der Waals surface area contributed by atoms with Crippen molar-refractivity contribution in [1.29, 1.82) is 0 Å². The van der Waals surface area contributed by atoms with Crippen LogP contribution in [0.5, 0.6) is 11.5 Å². The Hall–Kier alpha value is -2.81. The number of fused-ring (bicyclic) bond motifs is 1. The first-order chi connectivity index (χ1) is 14.3. The average molecular weight is 516 g/mol. The molecule has 0 radical (unpaired) electrons. The van der Waals surface area contributed by atoms with E-state index in [0.29, 0.717) is 25.7 Å². The van der Waals surface area contributed by atoms with Crippen LogP contribution in [-0.2, 0) is 13.2 Å². The Kier molecular flexibility index (Phi) is 7.89. The van der Waals surface area contributed by atoms with Gasteiger partial charge in [-0.2, -0.15) is 0 Å². The number of hydrogen-bond donors (Lipinski definition) is 2. The van der Waals surface area contributed by atoms with Crippen molar-refractivity contribution < 1.29 is 9.47 Å². The Balaban J connectivity index is 0.00000256. The van der Waals surface area contributed by atoms with Crippen molar-refractivity contribution in [2.24, 2.45) is 10.7 Å². The number of guanidine groups is 1. The minimum atomic E-state index is 0. The normalized spacial score (nSPS) is 15.3. The zero-order valence-corrected chi connectivity index (χ0v) is 18.9. The lowest BCUT2D eigenvalue weighted by Crippen LogP contribution is -2.37. The molecule has 1 unspecified atom stereocenters. The smallest absolute Gasteiger partial charge is 0.189 e. The third kappa shape index (κ3) is 5.85. The molecule has 1 aliphatic rings. The highest BCUT2D eigenvalue weighted by Crippen LogP contribution is 2.31. The lowest BCUT2D eigenvalue weighted by Gasteiger charge is -2.26. The van der Waals surface area contributed by atoms with Crippen molar-refractivity contribution in [2.45, 2.75) is 25.6 Å². The summed E-state index contributed by atoms with van der Waals surface area (Å²) in [5, 5.41) is 3.31. The minimum absolute atomic E-state index is 0. The van der Waals surface area contributed by atoms with Gasteiger partial charge in [0.15, 0.2) is 5.96 Å². The first kappa shape index (κ1) is 21.9. The molecule has 0 bridgehead atoms. The zero-order valence-electron chi connectivity index (χ0n) is 16.5. The van der Waals surface area contributed by atoms with E-state index in [1.165, 1.54) is 0 Å². The maximum absolute atomic E-state index is 6.12. The molecule has 0 saturated heterocycles. The second-order valence-corrected chi connectivity index (χ2v) is 6.83. The highest BCUT2D eigenvalue weighted by Gasteiger charge is 2.21. The van der Waals surface area contributed by atoms with Crippen LogP contribution in [0.3, 0.4) is 0 Å². The number of halogens is 1. The first-order valence-electron chi connectivity index (χ1n) is 9.68. The number of nitrogens with zero attached hydrogens (tertiary/aromatic N) is 2. The van der Waals surface area contributed by atoms with E-state index in [2.05, 4.69) is 21.4 Å². The molecule has 1 atom stereocenters. The topological polar surface area (TPSA) is 81.8 Å². The first-order valence-corrected chi connectivity index (χ1v) is 9.68. The number of rotatable bonds is 6. The molecule has 0 amide bonds. The molecule has 1 aromatic heterocycles.